The maximum Gasteiger partial charge on any atom is 0.340 e. The Balaban J connectivity index is 2.19. The van der Waals surface area contributed by atoms with Crippen LogP contribution in [0.3, 0.4) is 0 Å². The third kappa shape index (κ3) is 5.20. The predicted molar refractivity (Wildman–Crippen MR) is 109 cm³/mol. The lowest BCUT2D eigenvalue weighted by Gasteiger charge is -2.19. The Labute approximate surface area is 170 Å². The standard InChI is InChI=1S/C21H23ClO5S/c1-13(19(23)14-6-8-15(9-7-14)21(2,3)4)27-20(24)17-12-16(28(5,25)26)10-11-18(17)22/h6-13H,1-5H3/t13-/m0/s1. The van der Waals surface area contributed by atoms with Gasteiger partial charge in [-0.1, -0.05) is 56.6 Å². The van der Waals surface area contributed by atoms with E-state index < -0.39 is 21.9 Å². The Morgan fingerprint density at radius 3 is 2.11 bits per heavy atom. The number of Topliss-reactive ketones (excluding diaryl/α,β-unsaturated/α-hetero) is 1. The molecular weight excluding hydrogens is 400 g/mol. The van der Waals surface area contributed by atoms with Crippen LogP contribution in [0.25, 0.3) is 0 Å². The average molecular weight is 423 g/mol. The van der Waals surface area contributed by atoms with Gasteiger partial charge in [-0.2, -0.15) is 0 Å². The molecule has 0 aliphatic carbocycles. The molecule has 0 N–H and O–H groups in total. The van der Waals surface area contributed by atoms with Gasteiger partial charge in [-0.05, 0) is 36.1 Å². The first-order chi connectivity index (χ1) is 12.8. The lowest BCUT2D eigenvalue weighted by atomic mass is 9.86. The fourth-order valence-electron chi connectivity index (χ4n) is 2.54. The number of ether oxygens (including phenoxy) is 1. The molecule has 7 heteroatoms. The molecule has 0 heterocycles. The van der Waals surface area contributed by atoms with Gasteiger partial charge in [-0.25, -0.2) is 13.2 Å². The molecule has 0 saturated heterocycles. The summed E-state index contributed by atoms with van der Waals surface area (Å²) >= 11 is 6.00. The average Bonchev–Trinajstić information content (AvgIpc) is 2.59. The first-order valence-electron chi connectivity index (χ1n) is 8.66. The van der Waals surface area contributed by atoms with Crippen LogP contribution in [0.5, 0.6) is 0 Å². The van der Waals surface area contributed by atoms with E-state index >= 15 is 0 Å². The lowest BCUT2D eigenvalue weighted by Crippen LogP contribution is -2.25. The highest BCUT2D eigenvalue weighted by atomic mass is 35.5. The molecule has 150 valence electrons. The second-order valence-electron chi connectivity index (χ2n) is 7.65. The van der Waals surface area contributed by atoms with Gasteiger partial charge in [0.25, 0.3) is 0 Å². The lowest BCUT2D eigenvalue weighted by molar-refractivity contribution is 0.0318. The fraction of sp³-hybridized carbons (Fsp3) is 0.333. The number of sulfone groups is 1. The molecule has 28 heavy (non-hydrogen) atoms. The zero-order chi connectivity index (χ0) is 21.3. The molecular formula is C21H23ClO5S. The first-order valence-corrected chi connectivity index (χ1v) is 10.9. The molecule has 0 aliphatic rings. The van der Waals surface area contributed by atoms with Gasteiger partial charge in [-0.15, -0.1) is 0 Å². The minimum Gasteiger partial charge on any atom is -0.451 e. The highest BCUT2D eigenvalue weighted by Crippen LogP contribution is 2.24. The summed E-state index contributed by atoms with van der Waals surface area (Å²) < 4.78 is 28.6. The quantitative estimate of drug-likeness (QED) is 0.524. The van der Waals surface area contributed by atoms with Crippen LogP contribution in [0.2, 0.25) is 5.02 Å². The summed E-state index contributed by atoms with van der Waals surface area (Å²) in [5.41, 5.74) is 1.36. The smallest absolute Gasteiger partial charge is 0.340 e. The molecule has 0 fully saturated rings. The maximum absolute atomic E-state index is 12.6. The largest absolute Gasteiger partial charge is 0.451 e. The van der Waals surface area contributed by atoms with Crippen molar-refractivity contribution in [1.82, 2.24) is 0 Å². The summed E-state index contributed by atoms with van der Waals surface area (Å²) in [6, 6.07) is 10.9. The number of carbonyl (C=O) groups is 2. The summed E-state index contributed by atoms with van der Waals surface area (Å²) in [6.45, 7) is 7.68. The van der Waals surface area contributed by atoms with E-state index in [4.69, 9.17) is 16.3 Å². The number of hydrogen-bond donors (Lipinski definition) is 0. The van der Waals surface area contributed by atoms with Crippen molar-refractivity contribution in [3.05, 3.63) is 64.2 Å². The Hall–Kier alpha value is -2.18. The summed E-state index contributed by atoms with van der Waals surface area (Å²) in [6.07, 6.45) is -0.0235. The normalized spacial score (nSPS) is 13.1. The first kappa shape index (κ1) is 22.1. The van der Waals surface area contributed by atoms with Crippen LogP contribution in [0, 0.1) is 0 Å². The van der Waals surface area contributed by atoms with Crippen LogP contribution >= 0.6 is 11.6 Å². The van der Waals surface area contributed by atoms with Crippen molar-refractivity contribution >= 4 is 33.2 Å². The SMILES string of the molecule is C[C@H](OC(=O)c1cc(S(C)(=O)=O)ccc1Cl)C(=O)c1ccc(C(C)(C)C)cc1. The summed E-state index contributed by atoms with van der Waals surface area (Å²) in [5.74, 6) is -1.22. The van der Waals surface area contributed by atoms with Crippen molar-refractivity contribution in [2.45, 2.75) is 44.1 Å². The van der Waals surface area contributed by atoms with E-state index in [0.29, 0.717) is 5.56 Å². The Morgan fingerprint density at radius 2 is 1.61 bits per heavy atom. The van der Waals surface area contributed by atoms with Gasteiger partial charge in [0, 0.05) is 11.8 Å². The highest BCUT2D eigenvalue weighted by molar-refractivity contribution is 7.90. The van der Waals surface area contributed by atoms with Gasteiger partial charge >= 0.3 is 5.97 Å². The fourth-order valence-corrected chi connectivity index (χ4v) is 3.38. The highest BCUT2D eigenvalue weighted by Gasteiger charge is 2.23. The van der Waals surface area contributed by atoms with Crippen LogP contribution < -0.4 is 0 Å². The van der Waals surface area contributed by atoms with Crippen molar-refractivity contribution in [2.24, 2.45) is 0 Å². The van der Waals surface area contributed by atoms with Gasteiger partial charge in [0.1, 0.15) is 0 Å². The zero-order valence-electron chi connectivity index (χ0n) is 16.4. The molecule has 0 unspecified atom stereocenters. The Bertz CT molecular complexity index is 1000. The molecule has 0 radical (unpaired) electrons. The van der Waals surface area contributed by atoms with E-state index in [-0.39, 0.29) is 26.7 Å². The van der Waals surface area contributed by atoms with Gasteiger partial charge in [0.2, 0.25) is 5.78 Å². The van der Waals surface area contributed by atoms with Crippen molar-refractivity contribution in [3.63, 3.8) is 0 Å². The molecule has 0 aliphatic heterocycles. The third-order valence-corrected chi connectivity index (χ3v) is 5.71. The molecule has 2 rings (SSSR count). The molecule has 0 amide bonds. The molecule has 1 atom stereocenters. The number of halogens is 1. The maximum atomic E-state index is 12.6. The van der Waals surface area contributed by atoms with E-state index in [2.05, 4.69) is 20.8 Å². The number of esters is 1. The molecule has 0 saturated carbocycles. The summed E-state index contributed by atoms with van der Waals surface area (Å²) in [7, 11) is -3.51. The van der Waals surface area contributed by atoms with Crippen LogP contribution in [0.4, 0.5) is 0 Å². The minimum atomic E-state index is -3.51. The second kappa shape index (κ2) is 8.05. The van der Waals surface area contributed by atoms with Crippen LogP contribution in [-0.2, 0) is 20.0 Å². The molecule has 0 spiro atoms. The molecule has 0 aromatic heterocycles. The third-order valence-electron chi connectivity index (χ3n) is 4.27. The molecule has 2 aromatic carbocycles. The number of benzene rings is 2. The van der Waals surface area contributed by atoms with Crippen molar-refractivity contribution in [3.8, 4) is 0 Å². The van der Waals surface area contributed by atoms with E-state index in [1.165, 1.54) is 19.1 Å². The van der Waals surface area contributed by atoms with Crippen molar-refractivity contribution in [1.29, 1.82) is 0 Å². The number of hydrogen-bond acceptors (Lipinski definition) is 5. The monoisotopic (exact) mass is 422 g/mol. The van der Waals surface area contributed by atoms with E-state index in [1.54, 1.807) is 12.1 Å². The number of carbonyl (C=O) groups excluding carboxylic acids is 2. The molecule has 0 bridgehead atoms. The number of ketones is 1. The topological polar surface area (TPSA) is 77.5 Å². The van der Waals surface area contributed by atoms with Gasteiger partial charge < -0.3 is 4.74 Å². The van der Waals surface area contributed by atoms with E-state index in [9.17, 15) is 18.0 Å². The molecule has 2 aromatic rings. The second-order valence-corrected chi connectivity index (χ2v) is 10.1. The van der Waals surface area contributed by atoms with Crippen LogP contribution in [0.1, 0.15) is 54.0 Å². The summed E-state index contributed by atoms with van der Waals surface area (Å²) in [5, 5.41) is 0.0478. The Morgan fingerprint density at radius 1 is 1.04 bits per heavy atom. The minimum absolute atomic E-state index is 0.0406. The van der Waals surface area contributed by atoms with Crippen molar-refractivity contribution < 1.29 is 22.7 Å². The molecule has 5 nitrogen and oxygen atoms in total. The van der Waals surface area contributed by atoms with E-state index in [1.807, 2.05) is 12.1 Å². The van der Waals surface area contributed by atoms with Gasteiger partial charge in [0.15, 0.2) is 15.9 Å². The number of rotatable bonds is 5. The zero-order valence-corrected chi connectivity index (χ0v) is 18.0. The van der Waals surface area contributed by atoms with Gasteiger partial charge in [-0.3, -0.25) is 4.79 Å². The summed E-state index contributed by atoms with van der Waals surface area (Å²) in [4.78, 5) is 24.9. The van der Waals surface area contributed by atoms with E-state index in [0.717, 1.165) is 17.9 Å². The van der Waals surface area contributed by atoms with Crippen LogP contribution in [-0.4, -0.2) is 32.5 Å². The van der Waals surface area contributed by atoms with Gasteiger partial charge in [0.05, 0.1) is 15.5 Å². The Kier molecular flexibility index (Phi) is 6.36. The predicted octanol–water partition coefficient (Wildman–Crippen LogP) is 4.47. The van der Waals surface area contributed by atoms with Crippen LogP contribution in [0.15, 0.2) is 47.4 Å². The van der Waals surface area contributed by atoms with Crippen molar-refractivity contribution in [2.75, 3.05) is 6.26 Å².